The van der Waals surface area contributed by atoms with E-state index in [9.17, 15) is 4.79 Å². The number of piperidine rings is 1. The van der Waals surface area contributed by atoms with Crippen molar-refractivity contribution in [3.05, 3.63) is 93.5 Å². The molecule has 1 amide bonds. The van der Waals surface area contributed by atoms with E-state index in [1.807, 2.05) is 29.2 Å². The molecule has 1 fully saturated rings. The van der Waals surface area contributed by atoms with E-state index in [0.29, 0.717) is 11.9 Å². The molecule has 3 aromatic rings. The van der Waals surface area contributed by atoms with Gasteiger partial charge in [-0.05, 0) is 72.2 Å². The average molecular weight is 440 g/mol. The van der Waals surface area contributed by atoms with E-state index < -0.39 is 0 Å². The van der Waals surface area contributed by atoms with Crippen LogP contribution in [0.2, 0.25) is 5.02 Å². The number of benzene rings is 1. The number of hydrogen-bond acceptors (Lipinski definition) is 3. The minimum Gasteiger partial charge on any atom is -0.342 e. The molecule has 0 spiro atoms. The van der Waals surface area contributed by atoms with Gasteiger partial charge in [0.1, 0.15) is 7.85 Å². The number of fused-ring (bicyclic) bond motifs is 2. The van der Waals surface area contributed by atoms with Crippen molar-refractivity contribution in [3.63, 3.8) is 0 Å². The highest BCUT2D eigenvalue weighted by Crippen LogP contribution is 2.38. The van der Waals surface area contributed by atoms with Crippen LogP contribution >= 0.6 is 11.6 Å². The summed E-state index contributed by atoms with van der Waals surface area (Å²) in [5.74, 6) is 0.166. The SMILES string of the molecule is [B]c1cnc2c(c1)CCc1cc(Cl)ccc1C2=C1CCN(C(=O)Cc2ccncc2)CC1. The van der Waals surface area contributed by atoms with Crippen LogP contribution < -0.4 is 5.46 Å². The Morgan fingerprint density at radius 1 is 1.00 bits per heavy atom. The van der Waals surface area contributed by atoms with Crippen molar-refractivity contribution in [2.75, 3.05) is 13.1 Å². The quantitative estimate of drug-likeness (QED) is 0.572. The summed E-state index contributed by atoms with van der Waals surface area (Å²) in [5, 5.41) is 0.753. The molecule has 2 aromatic heterocycles. The zero-order valence-corrected chi connectivity index (χ0v) is 18.6. The lowest BCUT2D eigenvalue weighted by atomic mass is 9.87. The number of carbonyl (C=O) groups is 1. The van der Waals surface area contributed by atoms with Gasteiger partial charge in [0.05, 0.1) is 12.1 Å². The third-order valence-electron chi connectivity index (χ3n) is 6.40. The summed E-state index contributed by atoms with van der Waals surface area (Å²) in [4.78, 5) is 23.6. The number of carbonyl (C=O) groups excluding carboxylic acids is 1. The summed E-state index contributed by atoms with van der Waals surface area (Å²) in [6.45, 7) is 1.44. The molecule has 0 unspecified atom stereocenters. The van der Waals surface area contributed by atoms with Crippen molar-refractivity contribution in [1.82, 2.24) is 14.9 Å². The fourth-order valence-electron chi connectivity index (χ4n) is 4.78. The van der Waals surface area contributed by atoms with Crippen LogP contribution in [0.1, 0.15) is 40.8 Å². The number of aryl methyl sites for hydroxylation is 2. The Labute approximate surface area is 194 Å². The smallest absolute Gasteiger partial charge is 0.227 e. The molecule has 2 aliphatic rings. The molecule has 1 aromatic carbocycles. The number of likely N-dealkylation sites (tertiary alicyclic amines) is 1. The highest BCUT2D eigenvalue weighted by atomic mass is 35.5. The van der Waals surface area contributed by atoms with Crippen LogP contribution in [0.4, 0.5) is 0 Å². The van der Waals surface area contributed by atoms with E-state index in [1.165, 1.54) is 27.8 Å². The van der Waals surface area contributed by atoms with Crippen LogP contribution in [-0.2, 0) is 24.1 Å². The maximum atomic E-state index is 12.8. The lowest BCUT2D eigenvalue weighted by molar-refractivity contribution is -0.130. The molecule has 0 N–H and O–H groups in total. The van der Waals surface area contributed by atoms with Crippen molar-refractivity contribution in [2.45, 2.75) is 32.1 Å². The van der Waals surface area contributed by atoms with Crippen molar-refractivity contribution in [1.29, 1.82) is 0 Å². The van der Waals surface area contributed by atoms with Gasteiger partial charge < -0.3 is 4.90 Å². The molecule has 4 nitrogen and oxygen atoms in total. The first-order chi connectivity index (χ1) is 15.6. The number of amides is 1. The first-order valence-corrected chi connectivity index (χ1v) is 11.4. The van der Waals surface area contributed by atoms with Crippen LogP contribution in [0.3, 0.4) is 0 Å². The summed E-state index contributed by atoms with van der Waals surface area (Å²) in [5.41, 5.74) is 8.88. The second-order valence-corrected chi connectivity index (χ2v) is 8.91. The molecule has 6 heteroatoms. The monoisotopic (exact) mass is 439 g/mol. The molecule has 1 aliphatic carbocycles. The second-order valence-electron chi connectivity index (χ2n) is 8.47. The summed E-state index contributed by atoms with van der Waals surface area (Å²) >= 11 is 6.32. The van der Waals surface area contributed by atoms with Gasteiger partial charge >= 0.3 is 0 Å². The molecule has 5 rings (SSSR count). The number of halogens is 1. The van der Waals surface area contributed by atoms with Gasteiger partial charge in [-0.25, -0.2) is 0 Å². The van der Waals surface area contributed by atoms with Gasteiger partial charge in [0, 0.05) is 42.3 Å². The van der Waals surface area contributed by atoms with Gasteiger partial charge in [0.25, 0.3) is 0 Å². The van der Waals surface area contributed by atoms with E-state index in [2.05, 4.69) is 17.1 Å². The fraction of sp³-hybridized carbons (Fsp3) is 0.269. The van der Waals surface area contributed by atoms with Gasteiger partial charge in [0.15, 0.2) is 0 Å². The first kappa shape index (κ1) is 21.0. The molecule has 1 aliphatic heterocycles. The van der Waals surface area contributed by atoms with Gasteiger partial charge in [-0.1, -0.05) is 34.8 Å². The highest BCUT2D eigenvalue weighted by molar-refractivity contribution is 6.32. The first-order valence-electron chi connectivity index (χ1n) is 11.0. The predicted octanol–water partition coefficient (Wildman–Crippen LogP) is 3.69. The number of pyridine rings is 2. The predicted molar refractivity (Wildman–Crippen MR) is 128 cm³/mol. The Bertz CT molecular complexity index is 1140. The highest BCUT2D eigenvalue weighted by Gasteiger charge is 2.26. The van der Waals surface area contributed by atoms with E-state index in [0.717, 1.165) is 55.1 Å². The molecule has 32 heavy (non-hydrogen) atoms. The van der Waals surface area contributed by atoms with Crippen molar-refractivity contribution in [2.24, 2.45) is 0 Å². The fourth-order valence-corrected chi connectivity index (χ4v) is 4.97. The minimum absolute atomic E-state index is 0.166. The van der Waals surface area contributed by atoms with Crippen molar-refractivity contribution in [3.8, 4) is 0 Å². The largest absolute Gasteiger partial charge is 0.342 e. The lowest BCUT2D eigenvalue weighted by Crippen LogP contribution is -2.37. The summed E-state index contributed by atoms with van der Waals surface area (Å²) in [6.07, 6.45) is 9.08. The third-order valence-corrected chi connectivity index (χ3v) is 6.64. The maximum absolute atomic E-state index is 12.8. The molecule has 2 radical (unpaired) electrons. The Balaban J connectivity index is 1.46. The number of hydrogen-bond donors (Lipinski definition) is 0. The summed E-state index contributed by atoms with van der Waals surface area (Å²) in [6, 6.07) is 12.0. The molecule has 0 saturated carbocycles. The molecule has 0 atom stereocenters. The topological polar surface area (TPSA) is 46.1 Å². The number of rotatable bonds is 2. The van der Waals surface area contributed by atoms with Crippen molar-refractivity contribution >= 4 is 36.4 Å². The molecule has 3 heterocycles. The van der Waals surface area contributed by atoms with Crippen LogP contribution in [0.5, 0.6) is 0 Å². The zero-order chi connectivity index (χ0) is 22.1. The Morgan fingerprint density at radius 2 is 1.75 bits per heavy atom. The van der Waals surface area contributed by atoms with Gasteiger partial charge in [-0.2, -0.15) is 0 Å². The molecular formula is C26H23BClN3O. The van der Waals surface area contributed by atoms with Crippen molar-refractivity contribution < 1.29 is 4.79 Å². The van der Waals surface area contributed by atoms with E-state index in [-0.39, 0.29) is 5.91 Å². The molecule has 158 valence electrons. The standard InChI is InChI=1S/C26H23BClN3O/c27-21-14-20-2-1-19-15-22(28)3-4-23(19)25(26(20)30-16-21)18-7-11-31(12-8-18)24(32)13-17-5-9-29-10-6-17/h3-6,9-10,14-16H,1-2,7-8,11-13H2. The Hall–Kier alpha value is -2.92. The molecule has 1 saturated heterocycles. The maximum Gasteiger partial charge on any atom is 0.227 e. The zero-order valence-electron chi connectivity index (χ0n) is 17.9. The van der Waals surface area contributed by atoms with E-state index in [4.69, 9.17) is 24.4 Å². The lowest BCUT2D eigenvalue weighted by Gasteiger charge is -2.30. The molecular weight excluding hydrogens is 417 g/mol. The Morgan fingerprint density at radius 3 is 2.53 bits per heavy atom. The average Bonchev–Trinajstić information content (AvgIpc) is 2.96. The molecule has 0 bridgehead atoms. The summed E-state index contributed by atoms with van der Waals surface area (Å²) < 4.78 is 0. The van der Waals surface area contributed by atoms with E-state index >= 15 is 0 Å². The van der Waals surface area contributed by atoms with Gasteiger partial charge in [-0.3, -0.25) is 14.8 Å². The normalized spacial score (nSPS) is 15.7. The number of aromatic nitrogens is 2. The minimum atomic E-state index is 0.166. The van der Waals surface area contributed by atoms with E-state index in [1.54, 1.807) is 18.6 Å². The number of nitrogens with zero attached hydrogens (tertiary/aromatic N) is 3. The van der Waals surface area contributed by atoms with Gasteiger partial charge in [0.2, 0.25) is 5.91 Å². The van der Waals surface area contributed by atoms with Crippen LogP contribution in [0.25, 0.3) is 5.57 Å². The summed E-state index contributed by atoms with van der Waals surface area (Å²) in [7, 11) is 6.05. The Kier molecular flexibility index (Phi) is 5.84. The second kappa shape index (κ2) is 8.91. The van der Waals surface area contributed by atoms with Crippen LogP contribution in [-0.4, -0.2) is 41.7 Å². The van der Waals surface area contributed by atoms with Crippen LogP contribution in [0.15, 0.2) is 60.6 Å². The van der Waals surface area contributed by atoms with Gasteiger partial charge in [-0.15, -0.1) is 0 Å². The van der Waals surface area contributed by atoms with Crippen LogP contribution in [0, 0.1) is 0 Å². The third kappa shape index (κ3) is 4.22.